The van der Waals surface area contributed by atoms with Crippen LogP contribution in [0, 0.1) is 18.3 Å². The molecule has 17 heavy (non-hydrogen) atoms. The van der Waals surface area contributed by atoms with Crippen LogP contribution >= 0.6 is 0 Å². The molecule has 0 amide bonds. The van der Waals surface area contributed by atoms with E-state index in [1.165, 1.54) is 6.92 Å². The fourth-order valence-electron chi connectivity index (χ4n) is 1.46. The first kappa shape index (κ1) is 13.0. The van der Waals surface area contributed by atoms with Crippen LogP contribution in [0.5, 0.6) is 0 Å². The number of carboxylic acids is 1. The van der Waals surface area contributed by atoms with Gasteiger partial charge in [0, 0.05) is 0 Å². The Morgan fingerprint density at radius 2 is 2.06 bits per heavy atom. The molecule has 0 saturated heterocycles. The molecule has 0 heterocycles. The largest absolute Gasteiger partial charge is 0.481 e. The van der Waals surface area contributed by atoms with Crippen molar-refractivity contribution < 1.29 is 23.1 Å². The van der Waals surface area contributed by atoms with E-state index < -0.39 is 24.1 Å². The van der Waals surface area contributed by atoms with E-state index in [0.717, 1.165) is 6.07 Å². The molecule has 0 aliphatic carbocycles. The molecule has 0 bridgehead atoms. The summed E-state index contributed by atoms with van der Waals surface area (Å²) in [5.74, 6) is -1.35. The highest BCUT2D eigenvalue weighted by Crippen LogP contribution is 2.33. The molecule has 0 atom stereocenters. The summed E-state index contributed by atoms with van der Waals surface area (Å²) in [5.41, 5.74) is -1.17. The lowest BCUT2D eigenvalue weighted by atomic mass is 9.97. The van der Waals surface area contributed by atoms with E-state index in [4.69, 9.17) is 10.4 Å². The Hall–Kier alpha value is -2.03. The highest BCUT2D eigenvalue weighted by molar-refractivity contribution is 5.71. The molecule has 0 radical (unpaired) electrons. The normalized spacial score (nSPS) is 11.0. The second-order valence-electron chi connectivity index (χ2n) is 3.50. The van der Waals surface area contributed by atoms with Gasteiger partial charge in [0.25, 0.3) is 0 Å². The fraction of sp³-hybridized carbons (Fsp3) is 0.273. The van der Waals surface area contributed by atoms with E-state index >= 15 is 0 Å². The first-order valence-electron chi connectivity index (χ1n) is 4.58. The molecule has 0 fully saturated rings. The Kier molecular flexibility index (Phi) is 3.42. The van der Waals surface area contributed by atoms with Gasteiger partial charge in [-0.25, -0.2) is 0 Å². The minimum absolute atomic E-state index is 0.105. The first-order valence-corrected chi connectivity index (χ1v) is 4.58. The SMILES string of the molecule is Cc1cc(CC(=O)O)c(C(F)(F)F)cc1C#N. The van der Waals surface area contributed by atoms with Crippen molar-refractivity contribution in [2.24, 2.45) is 0 Å². The lowest BCUT2D eigenvalue weighted by Crippen LogP contribution is -2.13. The van der Waals surface area contributed by atoms with E-state index in [2.05, 4.69) is 0 Å². The molecule has 1 N–H and O–H groups in total. The number of hydrogen-bond donors (Lipinski definition) is 1. The van der Waals surface area contributed by atoms with Crippen molar-refractivity contribution in [3.8, 4) is 6.07 Å². The third-order valence-corrected chi connectivity index (χ3v) is 2.22. The molecule has 0 spiro atoms. The minimum Gasteiger partial charge on any atom is -0.481 e. The summed E-state index contributed by atoms with van der Waals surface area (Å²) in [7, 11) is 0. The van der Waals surface area contributed by atoms with Gasteiger partial charge in [-0.3, -0.25) is 4.79 Å². The second-order valence-corrected chi connectivity index (χ2v) is 3.50. The van der Waals surface area contributed by atoms with E-state index in [0.29, 0.717) is 11.6 Å². The Labute approximate surface area is 95.1 Å². The number of benzene rings is 1. The number of carbonyl (C=O) groups is 1. The molecular formula is C11H8F3NO2. The summed E-state index contributed by atoms with van der Waals surface area (Å²) in [4.78, 5) is 10.5. The molecule has 6 heteroatoms. The van der Waals surface area contributed by atoms with Crippen molar-refractivity contribution in [3.05, 3.63) is 34.4 Å². The highest BCUT2D eigenvalue weighted by Gasteiger charge is 2.34. The summed E-state index contributed by atoms with van der Waals surface area (Å²) in [6, 6.07) is 3.42. The van der Waals surface area contributed by atoms with E-state index in [9.17, 15) is 18.0 Å². The lowest BCUT2D eigenvalue weighted by Gasteiger charge is -2.13. The number of alkyl halides is 3. The molecule has 3 nitrogen and oxygen atoms in total. The van der Waals surface area contributed by atoms with Crippen LogP contribution in [0.3, 0.4) is 0 Å². The summed E-state index contributed by atoms with van der Waals surface area (Å²) >= 11 is 0. The second kappa shape index (κ2) is 4.45. The van der Waals surface area contributed by atoms with Crippen molar-refractivity contribution >= 4 is 5.97 Å². The minimum atomic E-state index is -4.66. The Balaban J connectivity index is 3.43. The average Bonchev–Trinajstić information content (AvgIpc) is 2.14. The van der Waals surface area contributed by atoms with Crippen LogP contribution in [0.2, 0.25) is 0 Å². The van der Waals surface area contributed by atoms with Gasteiger partial charge in [0.2, 0.25) is 0 Å². The van der Waals surface area contributed by atoms with Crippen molar-refractivity contribution in [1.29, 1.82) is 5.26 Å². The number of carboxylic acid groups (broad SMARTS) is 1. The maximum atomic E-state index is 12.6. The number of halogens is 3. The summed E-state index contributed by atoms with van der Waals surface area (Å²) in [6.07, 6.45) is -5.38. The number of aryl methyl sites for hydroxylation is 1. The molecule has 0 saturated carbocycles. The van der Waals surface area contributed by atoms with Crippen molar-refractivity contribution in [2.75, 3.05) is 0 Å². The molecule has 0 aliphatic rings. The number of hydrogen-bond acceptors (Lipinski definition) is 2. The lowest BCUT2D eigenvalue weighted by molar-refractivity contribution is -0.139. The van der Waals surface area contributed by atoms with Crippen LogP contribution in [0.4, 0.5) is 13.2 Å². The molecule has 0 aliphatic heterocycles. The number of rotatable bonds is 2. The molecule has 1 aromatic carbocycles. The highest BCUT2D eigenvalue weighted by atomic mass is 19.4. The summed E-state index contributed by atoms with van der Waals surface area (Å²) < 4.78 is 37.9. The van der Waals surface area contributed by atoms with Gasteiger partial charge in [-0.05, 0) is 24.1 Å². The molecule has 1 rings (SSSR count). The van der Waals surface area contributed by atoms with Gasteiger partial charge in [-0.2, -0.15) is 18.4 Å². The van der Waals surface area contributed by atoms with Crippen LogP contribution in [0.1, 0.15) is 22.3 Å². The Morgan fingerprint density at radius 1 is 1.47 bits per heavy atom. The number of nitrogens with zero attached hydrogens (tertiary/aromatic N) is 1. The molecule has 90 valence electrons. The third kappa shape index (κ3) is 2.97. The topological polar surface area (TPSA) is 61.1 Å². The van der Waals surface area contributed by atoms with E-state index in [1.807, 2.05) is 0 Å². The Morgan fingerprint density at radius 3 is 2.47 bits per heavy atom. The Bertz CT molecular complexity index is 501. The van der Waals surface area contributed by atoms with Crippen molar-refractivity contribution in [2.45, 2.75) is 19.5 Å². The molecule has 1 aromatic rings. The molecular weight excluding hydrogens is 235 g/mol. The van der Waals surface area contributed by atoms with Crippen LogP contribution in [0.15, 0.2) is 12.1 Å². The zero-order valence-electron chi connectivity index (χ0n) is 8.80. The quantitative estimate of drug-likeness (QED) is 0.868. The van der Waals surface area contributed by atoms with Gasteiger partial charge < -0.3 is 5.11 Å². The predicted octanol–water partition coefficient (Wildman–Crippen LogP) is 2.51. The van der Waals surface area contributed by atoms with E-state index in [1.54, 1.807) is 6.07 Å². The van der Waals surface area contributed by atoms with Crippen molar-refractivity contribution in [3.63, 3.8) is 0 Å². The van der Waals surface area contributed by atoms with Gasteiger partial charge in [-0.1, -0.05) is 6.07 Å². The monoisotopic (exact) mass is 243 g/mol. The van der Waals surface area contributed by atoms with Crippen LogP contribution < -0.4 is 0 Å². The summed E-state index contributed by atoms with van der Waals surface area (Å²) in [5, 5.41) is 17.2. The third-order valence-electron chi connectivity index (χ3n) is 2.22. The maximum Gasteiger partial charge on any atom is 0.416 e. The zero-order valence-corrected chi connectivity index (χ0v) is 8.80. The summed E-state index contributed by atoms with van der Waals surface area (Å²) in [6.45, 7) is 1.46. The zero-order chi connectivity index (χ0) is 13.2. The number of nitriles is 1. The van der Waals surface area contributed by atoms with Crippen LogP contribution in [0.25, 0.3) is 0 Å². The standard InChI is InChI=1S/C11H8F3NO2/c1-6-2-7(4-10(16)17)9(11(12,13)14)3-8(6)5-15/h2-3H,4H2,1H3,(H,16,17). The van der Waals surface area contributed by atoms with Crippen LogP contribution in [-0.2, 0) is 17.4 Å². The van der Waals surface area contributed by atoms with Crippen molar-refractivity contribution in [1.82, 2.24) is 0 Å². The predicted molar refractivity (Wildman–Crippen MR) is 52.2 cm³/mol. The van der Waals surface area contributed by atoms with E-state index in [-0.39, 0.29) is 11.1 Å². The smallest absolute Gasteiger partial charge is 0.416 e. The van der Waals surface area contributed by atoms with Crippen LogP contribution in [-0.4, -0.2) is 11.1 Å². The van der Waals surface area contributed by atoms with Gasteiger partial charge in [0.15, 0.2) is 0 Å². The van der Waals surface area contributed by atoms with Gasteiger partial charge in [0.05, 0.1) is 23.6 Å². The average molecular weight is 243 g/mol. The molecule has 0 aromatic heterocycles. The maximum absolute atomic E-state index is 12.6. The first-order chi connectivity index (χ1) is 7.75. The molecule has 0 unspecified atom stereocenters. The number of aliphatic carboxylic acids is 1. The van der Waals surface area contributed by atoms with Gasteiger partial charge >= 0.3 is 12.1 Å². The van der Waals surface area contributed by atoms with Gasteiger partial charge in [0.1, 0.15) is 0 Å². The fourth-order valence-corrected chi connectivity index (χ4v) is 1.46. The van der Waals surface area contributed by atoms with Gasteiger partial charge in [-0.15, -0.1) is 0 Å².